The molecule has 0 spiro atoms. The van der Waals surface area contributed by atoms with E-state index in [4.69, 9.17) is 0 Å². The standard InChI is InChI=1S/C11H14O/c1-9-7-8-11(9,12)10-5-3-2-4-6-10/h2-6,9,12H,7-8H2,1H3/t9-,11+/m0/s1. The van der Waals surface area contributed by atoms with Gasteiger partial charge in [0.1, 0.15) is 0 Å². The Morgan fingerprint density at radius 2 is 2.00 bits per heavy atom. The number of hydrogen-bond acceptors (Lipinski definition) is 1. The van der Waals surface area contributed by atoms with Crippen molar-refractivity contribution in [3.8, 4) is 0 Å². The van der Waals surface area contributed by atoms with Gasteiger partial charge in [0.2, 0.25) is 0 Å². The maximum absolute atomic E-state index is 10.1. The number of aliphatic hydroxyl groups is 1. The molecular weight excluding hydrogens is 148 g/mol. The van der Waals surface area contributed by atoms with E-state index in [1.165, 1.54) is 0 Å². The Bertz CT molecular complexity index is 268. The molecule has 0 aromatic heterocycles. The molecule has 1 aromatic carbocycles. The third kappa shape index (κ3) is 0.969. The molecule has 0 bridgehead atoms. The molecule has 1 heteroatoms. The van der Waals surface area contributed by atoms with Crippen LogP contribution in [0.5, 0.6) is 0 Å². The molecule has 2 atom stereocenters. The normalized spacial score (nSPS) is 34.3. The molecule has 1 saturated carbocycles. The summed E-state index contributed by atoms with van der Waals surface area (Å²) in [6.45, 7) is 2.11. The minimum absolute atomic E-state index is 0.417. The molecule has 1 aliphatic carbocycles. The van der Waals surface area contributed by atoms with E-state index in [1.54, 1.807) is 0 Å². The first-order valence-electron chi connectivity index (χ1n) is 4.51. The van der Waals surface area contributed by atoms with Gasteiger partial charge in [0.25, 0.3) is 0 Å². The minimum atomic E-state index is -0.527. The fourth-order valence-corrected chi connectivity index (χ4v) is 1.86. The zero-order valence-corrected chi connectivity index (χ0v) is 7.33. The molecule has 0 aliphatic heterocycles. The molecule has 2 rings (SSSR count). The van der Waals surface area contributed by atoms with Crippen molar-refractivity contribution in [2.24, 2.45) is 5.92 Å². The van der Waals surface area contributed by atoms with Gasteiger partial charge in [-0.15, -0.1) is 0 Å². The molecule has 1 N–H and O–H groups in total. The number of benzene rings is 1. The van der Waals surface area contributed by atoms with E-state index in [1.807, 2.05) is 30.3 Å². The van der Waals surface area contributed by atoms with Crippen molar-refractivity contribution in [1.82, 2.24) is 0 Å². The lowest BCUT2D eigenvalue weighted by Crippen LogP contribution is -2.42. The van der Waals surface area contributed by atoms with Crippen molar-refractivity contribution in [2.75, 3.05) is 0 Å². The molecule has 1 nitrogen and oxygen atoms in total. The second-order valence-corrected chi connectivity index (χ2v) is 3.73. The van der Waals surface area contributed by atoms with Crippen LogP contribution in [-0.2, 0) is 5.60 Å². The van der Waals surface area contributed by atoms with Crippen LogP contribution in [0.15, 0.2) is 30.3 Å². The first-order valence-corrected chi connectivity index (χ1v) is 4.51. The highest BCUT2D eigenvalue weighted by Crippen LogP contribution is 2.45. The first kappa shape index (κ1) is 7.81. The van der Waals surface area contributed by atoms with Crippen LogP contribution in [0.1, 0.15) is 25.3 Å². The van der Waals surface area contributed by atoms with Crippen LogP contribution in [0.2, 0.25) is 0 Å². The monoisotopic (exact) mass is 162 g/mol. The Balaban J connectivity index is 2.31. The SMILES string of the molecule is C[C@H]1CC[C@]1(O)c1ccccc1. The van der Waals surface area contributed by atoms with E-state index in [2.05, 4.69) is 6.92 Å². The summed E-state index contributed by atoms with van der Waals surface area (Å²) >= 11 is 0. The summed E-state index contributed by atoms with van der Waals surface area (Å²) in [5.41, 5.74) is 0.546. The van der Waals surface area contributed by atoms with Gasteiger partial charge in [0, 0.05) is 0 Å². The maximum Gasteiger partial charge on any atom is 0.0922 e. The molecule has 0 radical (unpaired) electrons. The lowest BCUT2D eigenvalue weighted by Gasteiger charge is -2.44. The number of rotatable bonds is 1. The Labute approximate surface area is 73.0 Å². The average Bonchev–Trinajstić information content (AvgIpc) is 2.16. The molecule has 64 valence electrons. The Hall–Kier alpha value is -0.820. The molecule has 1 fully saturated rings. The highest BCUT2D eigenvalue weighted by molar-refractivity contribution is 5.25. The van der Waals surface area contributed by atoms with Crippen LogP contribution in [0.25, 0.3) is 0 Å². The molecular formula is C11H14O. The van der Waals surface area contributed by atoms with Gasteiger partial charge in [-0.2, -0.15) is 0 Å². The van der Waals surface area contributed by atoms with Gasteiger partial charge in [-0.05, 0) is 24.3 Å². The Morgan fingerprint density at radius 3 is 2.42 bits per heavy atom. The van der Waals surface area contributed by atoms with Crippen molar-refractivity contribution in [3.63, 3.8) is 0 Å². The summed E-state index contributed by atoms with van der Waals surface area (Å²) in [5.74, 6) is 0.417. The van der Waals surface area contributed by atoms with Crippen LogP contribution in [0.3, 0.4) is 0 Å². The predicted molar refractivity (Wildman–Crippen MR) is 48.7 cm³/mol. The summed E-state index contributed by atoms with van der Waals surface area (Å²) in [6.07, 6.45) is 2.06. The average molecular weight is 162 g/mol. The lowest BCUT2D eigenvalue weighted by molar-refractivity contribution is -0.0930. The molecule has 0 heterocycles. The Morgan fingerprint density at radius 1 is 1.33 bits per heavy atom. The molecule has 12 heavy (non-hydrogen) atoms. The van der Waals surface area contributed by atoms with Gasteiger partial charge in [-0.25, -0.2) is 0 Å². The molecule has 0 saturated heterocycles. The van der Waals surface area contributed by atoms with E-state index in [0.29, 0.717) is 5.92 Å². The second kappa shape index (κ2) is 2.60. The second-order valence-electron chi connectivity index (χ2n) is 3.73. The zero-order chi connectivity index (χ0) is 8.60. The fourth-order valence-electron chi connectivity index (χ4n) is 1.86. The Kier molecular flexibility index (Phi) is 1.69. The molecule has 0 unspecified atom stereocenters. The van der Waals surface area contributed by atoms with Crippen LogP contribution in [0, 0.1) is 5.92 Å². The van der Waals surface area contributed by atoms with E-state index >= 15 is 0 Å². The summed E-state index contributed by atoms with van der Waals surface area (Å²) in [6, 6.07) is 9.97. The largest absolute Gasteiger partial charge is 0.385 e. The highest BCUT2D eigenvalue weighted by Gasteiger charge is 2.43. The fraction of sp³-hybridized carbons (Fsp3) is 0.455. The minimum Gasteiger partial charge on any atom is -0.385 e. The zero-order valence-electron chi connectivity index (χ0n) is 7.33. The third-order valence-electron chi connectivity index (χ3n) is 3.05. The van der Waals surface area contributed by atoms with Crippen molar-refractivity contribution in [3.05, 3.63) is 35.9 Å². The quantitative estimate of drug-likeness (QED) is 0.671. The van der Waals surface area contributed by atoms with E-state index in [9.17, 15) is 5.11 Å². The van der Waals surface area contributed by atoms with E-state index < -0.39 is 5.60 Å². The van der Waals surface area contributed by atoms with Gasteiger partial charge in [0.05, 0.1) is 5.60 Å². The topological polar surface area (TPSA) is 20.2 Å². The van der Waals surface area contributed by atoms with Crippen LogP contribution < -0.4 is 0 Å². The molecule has 1 aromatic rings. The van der Waals surface area contributed by atoms with Crippen molar-refractivity contribution in [1.29, 1.82) is 0 Å². The smallest absolute Gasteiger partial charge is 0.0922 e. The summed E-state index contributed by atoms with van der Waals surface area (Å²) in [4.78, 5) is 0. The van der Waals surface area contributed by atoms with E-state index in [-0.39, 0.29) is 0 Å². The lowest BCUT2D eigenvalue weighted by atomic mass is 9.67. The van der Waals surface area contributed by atoms with Crippen molar-refractivity contribution >= 4 is 0 Å². The first-order chi connectivity index (χ1) is 5.73. The molecule has 1 aliphatic rings. The van der Waals surface area contributed by atoms with E-state index in [0.717, 1.165) is 18.4 Å². The molecule has 0 amide bonds. The van der Waals surface area contributed by atoms with Crippen molar-refractivity contribution in [2.45, 2.75) is 25.4 Å². The van der Waals surface area contributed by atoms with Gasteiger partial charge in [-0.3, -0.25) is 0 Å². The van der Waals surface area contributed by atoms with Gasteiger partial charge < -0.3 is 5.11 Å². The summed E-state index contributed by atoms with van der Waals surface area (Å²) < 4.78 is 0. The van der Waals surface area contributed by atoms with Crippen LogP contribution in [-0.4, -0.2) is 5.11 Å². The van der Waals surface area contributed by atoms with Crippen LogP contribution >= 0.6 is 0 Å². The summed E-state index contributed by atoms with van der Waals surface area (Å²) in [5, 5.41) is 10.1. The number of hydrogen-bond donors (Lipinski definition) is 1. The van der Waals surface area contributed by atoms with Crippen molar-refractivity contribution < 1.29 is 5.11 Å². The maximum atomic E-state index is 10.1. The predicted octanol–water partition coefficient (Wildman–Crippen LogP) is 2.30. The van der Waals surface area contributed by atoms with Gasteiger partial charge in [0.15, 0.2) is 0 Å². The van der Waals surface area contributed by atoms with Crippen LogP contribution in [0.4, 0.5) is 0 Å². The van der Waals surface area contributed by atoms with Gasteiger partial charge >= 0.3 is 0 Å². The van der Waals surface area contributed by atoms with Gasteiger partial charge in [-0.1, -0.05) is 37.3 Å². The highest BCUT2D eigenvalue weighted by atomic mass is 16.3. The third-order valence-corrected chi connectivity index (χ3v) is 3.05. The summed E-state index contributed by atoms with van der Waals surface area (Å²) in [7, 11) is 0.